The van der Waals surface area contributed by atoms with Crippen molar-refractivity contribution in [1.29, 1.82) is 0 Å². The van der Waals surface area contributed by atoms with E-state index in [4.69, 9.17) is 4.74 Å². The molecule has 0 heterocycles. The number of carbonyl (C=O) groups excluding carboxylic acids is 1. The molecule has 23 heavy (non-hydrogen) atoms. The summed E-state index contributed by atoms with van der Waals surface area (Å²) in [4.78, 5) is 14.4. The van der Waals surface area contributed by atoms with Gasteiger partial charge in [0.2, 0.25) is 5.91 Å². The number of hydrogen-bond acceptors (Lipinski definition) is 3. The number of methoxy groups -OCH3 is 1. The van der Waals surface area contributed by atoms with Crippen LogP contribution in [0.25, 0.3) is 0 Å². The fourth-order valence-electron chi connectivity index (χ4n) is 3.31. The maximum Gasteiger partial charge on any atom is 0.234 e. The molecule has 0 saturated heterocycles. The van der Waals surface area contributed by atoms with Crippen molar-refractivity contribution in [3.8, 4) is 5.75 Å². The van der Waals surface area contributed by atoms with E-state index in [9.17, 15) is 4.79 Å². The Labute approximate surface area is 140 Å². The Balaban J connectivity index is 1.89. The number of likely N-dealkylation sites (N-methyl/N-ethyl adjacent to an activating group) is 1. The highest BCUT2D eigenvalue weighted by Crippen LogP contribution is 2.27. The summed E-state index contributed by atoms with van der Waals surface area (Å²) in [6, 6.07) is 8.49. The van der Waals surface area contributed by atoms with Crippen molar-refractivity contribution in [3.05, 3.63) is 29.8 Å². The lowest BCUT2D eigenvalue weighted by molar-refractivity contribution is -0.123. The molecule has 4 heteroatoms. The highest BCUT2D eigenvalue weighted by atomic mass is 16.5. The molecule has 1 N–H and O–H groups in total. The zero-order chi connectivity index (χ0) is 16.7. The first-order valence-corrected chi connectivity index (χ1v) is 8.74. The predicted molar refractivity (Wildman–Crippen MR) is 93.7 cm³/mol. The van der Waals surface area contributed by atoms with Gasteiger partial charge in [0.1, 0.15) is 5.75 Å². The third kappa shape index (κ3) is 5.24. The van der Waals surface area contributed by atoms with Gasteiger partial charge in [-0.05, 0) is 32.9 Å². The molecule has 0 aromatic heterocycles. The summed E-state index contributed by atoms with van der Waals surface area (Å²) in [6.45, 7) is 2.52. The van der Waals surface area contributed by atoms with Crippen LogP contribution in [0.15, 0.2) is 24.3 Å². The Morgan fingerprint density at radius 3 is 2.57 bits per heavy atom. The molecule has 1 aromatic carbocycles. The second-order valence-electron chi connectivity index (χ2n) is 6.59. The number of benzene rings is 1. The van der Waals surface area contributed by atoms with Crippen LogP contribution in [0.4, 0.5) is 0 Å². The molecule has 0 bridgehead atoms. The number of amides is 1. The average Bonchev–Trinajstić information content (AvgIpc) is 2.82. The first-order valence-electron chi connectivity index (χ1n) is 8.74. The number of hydrogen-bond donors (Lipinski definition) is 1. The maximum absolute atomic E-state index is 12.3. The van der Waals surface area contributed by atoms with Gasteiger partial charge < -0.3 is 10.1 Å². The lowest BCUT2D eigenvalue weighted by Gasteiger charge is -2.27. The number of rotatable bonds is 6. The van der Waals surface area contributed by atoms with Crippen LogP contribution in [-0.4, -0.2) is 37.6 Å². The fraction of sp³-hybridized carbons (Fsp3) is 0.632. The van der Waals surface area contributed by atoms with Crippen molar-refractivity contribution in [2.75, 3.05) is 20.7 Å². The Morgan fingerprint density at radius 2 is 1.91 bits per heavy atom. The molecule has 2 rings (SSSR count). The van der Waals surface area contributed by atoms with Gasteiger partial charge in [-0.3, -0.25) is 9.69 Å². The Kier molecular flexibility index (Phi) is 6.90. The fourth-order valence-corrected chi connectivity index (χ4v) is 3.31. The summed E-state index contributed by atoms with van der Waals surface area (Å²) >= 11 is 0. The second kappa shape index (κ2) is 8.92. The first-order chi connectivity index (χ1) is 11.1. The zero-order valence-electron chi connectivity index (χ0n) is 14.7. The topological polar surface area (TPSA) is 41.6 Å². The summed E-state index contributed by atoms with van der Waals surface area (Å²) in [5.41, 5.74) is 1.11. The summed E-state index contributed by atoms with van der Waals surface area (Å²) in [5.74, 6) is 0.997. The molecule has 128 valence electrons. The van der Waals surface area contributed by atoms with Gasteiger partial charge in [-0.15, -0.1) is 0 Å². The molecule has 1 unspecified atom stereocenters. The highest BCUT2D eigenvalue weighted by Gasteiger charge is 2.20. The molecule has 0 aliphatic heterocycles. The zero-order valence-corrected chi connectivity index (χ0v) is 14.7. The molecule has 1 saturated carbocycles. The van der Waals surface area contributed by atoms with E-state index >= 15 is 0 Å². The van der Waals surface area contributed by atoms with Crippen LogP contribution in [0, 0.1) is 0 Å². The lowest BCUT2D eigenvalue weighted by atomic mass is 10.1. The third-order valence-electron chi connectivity index (χ3n) is 4.86. The molecule has 4 nitrogen and oxygen atoms in total. The number of nitrogens with zero attached hydrogens (tertiary/aromatic N) is 1. The van der Waals surface area contributed by atoms with E-state index in [1.165, 1.54) is 25.7 Å². The minimum atomic E-state index is 0.126. The van der Waals surface area contributed by atoms with Gasteiger partial charge in [-0.1, -0.05) is 43.9 Å². The molecule has 1 aliphatic carbocycles. The Morgan fingerprint density at radius 1 is 1.26 bits per heavy atom. The van der Waals surface area contributed by atoms with Crippen molar-refractivity contribution in [3.63, 3.8) is 0 Å². The van der Waals surface area contributed by atoms with Crippen LogP contribution in [0.1, 0.15) is 57.1 Å². The lowest BCUT2D eigenvalue weighted by Crippen LogP contribution is -2.41. The molecule has 0 radical (unpaired) electrons. The highest BCUT2D eigenvalue weighted by molar-refractivity contribution is 5.78. The van der Waals surface area contributed by atoms with Crippen LogP contribution in [0.3, 0.4) is 0 Å². The predicted octanol–water partition coefficient (Wildman–Crippen LogP) is 3.53. The number of para-hydroxylation sites is 1. The average molecular weight is 318 g/mol. The van der Waals surface area contributed by atoms with E-state index in [-0.39, 0.29) is 11.9 Å². The van der Waals surface area contributed by atoms with E-state index in [0.717, 1.165) is 24.2 Å². The van der Waals surface area contributed by atoms with E-state index in [1.807, 2.05) is 25.2 Å². The molecule has 1 atom stereocenters. The molecule has 1 aliphatic rings. The number of nitrogens with one attached hydrogen (secondary N) is 1. The molecule has 1 amide bonds. The summed E-state index contributed by atoms with van der Waals surface area (Å²) < 4.78 is 5.43. The Hall–Kier alpha value is -1.55. The van der Waals surface area contributed by atoms with Crippen LogP contribution in [0.5, 0.6) is 5.75 Å². The van der Waals surface area contributed by atoms with Gasteiger partial charge in [0, 0.05) is 17.6 Å². The maximum atomic E-state index is 12.3. The largest absolute Gasteiger partial charge is 0.496 e. The minimum Gasteiger partial charge on any atom is -0.496 e. The molecular weight excluding hydrogens is 288 g/mol. The van der Waals surface area contributed by atoms with Crippen LogP contribution in [-0.2, 0) is 4.79 Å². The van der Waals surface area contributed by atoms with Crippen LogP contribution in [0.2, 0.25) is 0 Å². The Bertz CT molecular complexity index is 496. The third-order valence-corrected chi connectivity index (χ3v) is 4.86. The minimum absolute atomic E-state index is 0.126. The number of ether oxygens (including phenoxy) is 1. The standard InChI is InChI=1S/C19H30N2O2/c1-15(17-12-8-9-13-18(17)23-3)21(2)14-19(22)20-16-10-6-4-5-7-11-16/h8-9,12-13,15-16H,4-7,10-11,14H2,1-3H3,(H,20,22). The molecule has 1 fully saturated rings. The van der Waals surface area contributed by atoms with Crippen molar-refractivity contribution in [2.45, 2.75) is 57.5 Å². The second-order valence-corrected chi connectivity index (χ2v) is 6.59. The number of carbonyl (C=O) groups is 1. The summed E-state index contributed by atoms with van der Waals surface area (Å²) in [7, 11) is 3.67. The van der Waals surface area contributed by atoms with Crippen LogP contribution >= 0.6 is 0 Å². The normalized spacial score (nSPS) is 17.6. The van der Waals surface area contributed by atoms with Gasteiger partial charge in [-0.2, -0.15) is 0 Å². The smallest absolute Gasteiger partial charge is 0.234 e. The van der Waals surface area contributed by atoms with E-state index < -0.39 is 0 Å². The SMILES string of the molecule is COc1ccccc1C(C)N(C)CC(=O)NC1CCCCCC1. The molecule has 0 spiro atoms. The van der Waals surface area contributed by atoms with Gasteiger partial charge >= 0.3 is 0 Å². The van der Waals surface area contributed by atoms with Gasteiger partial charge in [0.25, 0.3) is 0 Å². The van der Waals surface area contributed by atoms with Crippen LogP contribution < -0.4 is 10.1 Å². The van der Waals surface area contributed by atoms with Crippen molar-refractivity contribution in [2.24, 2.45) is 0 Å². The van der Waals surface area contributed by atoms with Gasteiger partial charge in [0.05, 0.1) is 13.7 Å². The quantitative estimate of drug-likeness (QED) is 0.816. The van der Waals surface area contributed by atoms with Gasteiger partial charge in [-0.25, -0.2) is 0 Å². The van der Waals surface area contributed by atoms with Crippen molar-refractivity contribution in [1.82, 2.24) is 10.2 Å². The molecular formula is C19H30N2O2. The van der Waals surface area contributed by atoms with Crippen molar-refractivity contribution >= 4 is 5.91 Å². The van der Waals surface area contributed by atoms with E-state index in [2.05, 4.69) is 23.2 Å². The van der Waals surface area contributed by atoms with E-state index in [1.54, 1.807) is 7.11 Å². The summed E-state index contributed by atoms with van der Waals surface area (Å²) in [5, 5.41) is 3.21. The molecule has 1 aromatic rings. The van der Waals surface area contributed by atoms with Crippen molar-refractivity contribution < 1.29 is 9.53 Å². The first kappa shape index (κ1) is 17.8. The summed E-state index contributed by atoms with van der Waals surface area (Å²) in [6.07, 6.45) is 7.32. The van der Waals surface area contributed by atoms with E-state index in [0.29, 0.717) is 12.6 Å². The van der Waals surface area contributed by atoms with Gasteiger partial charge in [0.15, 0.2) is 0 Å². The monoisotopic (exact) mass is 318 g/mol.